The summed E-state index contributed by atoms with van der Waals surface area (Å²) in [4.78, 5) is 23.2. The van der Waals surface area contributed by atoms with E-state index in [1.807, 2.05) is 0 Å². The lowest BCUT2D eigenvalue weighted by Gasteiger charge is -2.28. The summed E-state index contributed by atoms with van der Waals surface area (Å²) >= 11 is 0. The molecule has 0 fully saturated rings. The van der Waals surface area contributed by atoms with Gasteiger partial charge in [-0.25, -0.2) is 0 Å². The van der Waals surface area contributed by atoms with Crippen LogP contribution < -0.4 is 9.64 Å². The monoisotopic (exact) mass is 247 g/mol. The fourth-order valence-corrected chi connectivity index (χ4v) is 1.82. The molecule has 1 heterocycles. The van der Waals surface area contributed by atoms with Crippen LogP contribution in [0.5, 0.6) is 5.75 Å². The number of nitriles is 1. The second-order valence-electron chi connectivity index (χ2n) is 3.63. The molecule has 0 aromatic heterocycles. The number of likely N-dealkylation sites (N-methyl/N-ethyl adjacent to an activating group) is 1. The summed E-state index contributed by atoms with van der Waals surface area (Å²) in [5, 5.41) is 19.7. The summed E-state index contributed by atoms with van der Waals surface area (Å²) in [6, 6.07) is 4.25. The van der Waals surface area contributed by atoms with E-state index in [9.17, 15) is 14.9 Å². The van der Waals surface area contributed by atoms with E-state index in [0.717, 1.165) is 0 Å². The van der Waals surface area contributed by atoms with Crippen LogP contribution in [0.25, 0.3) is 0 Å². The first-order valence-corrected chi connectivity index (χ1v) is 5.24. The van der Waals surface area contributed by atoms with Crippen LogP contribution in [0.4, 0.5) is 11.4 Å². The van der Waals surface area contributed by atoms with Crippen molar-refractivity contribution in [3.8, 4) is 11.8 Å². The Morgan fingerprint density at radius 3 is 2.89 bits per heavy atom. The molecular weight excluding hydrogens is 238 g/mol. The predicted octanol–water partition coefficient (Wildman–Crippen LogP) is 1.21. The number of benzene rings is 1. The Hall–Kier alpha value is -2.62. The number of amides is 1. The topological polar surface area (TPSA) is 96.5 Å². The minimum atomic E-state index is -0.644. The van der Waals surface area contributed by atoms with Gasteiger partial charge in [0.15, 0.2) is 12.4 Å². The SMILES string of the molecule is CCN1C(=O)COc2cc([N+](=O)[O-])c(C#N)cc21. The highest BCUT2D eigenvalue weighted by Gasteiger charge is 2.28. The summed E-state index contributed by atoms with van der Waals surface area (Å²) in [7, 11) is 0. The average molecular weight is 247 g/mol. The number of rotatable bonds is 2. The Labute approximate surface area is 102 Å². The van der Waals surface area contributed by atoms with Crippen LogP contribution in [-0.2, 0) is 4.79 Å². The lowest BCUT2D eigenvalue weighted by atomic mass is 10.1. The van der Waals surface area contributed by atoms with Gasteiger partial charge in [-0.3, -0.25) is 14.9 Å². The zero-order valence-corrected chi connectivity index (χ0v) is 9.54. The van der Waals surface area contributed by atoms with Crippen LogP contribution in [-0.4, -0.2) is 24.0 Å². The fraction of sp³-hybridized carbons (Fsp3) is 0.273. The first-order chi connectivity index (χ1) is 8.58. The van der Waals surface area contributed by atoms with Crippen LogP contribution >= 0.6 is 0 Å². The summed E-state index contributed by atoms with van der Waals surface area (Å²) in [5.74, 6) is 0.0184. The average Bonchev–Trinajstić information content (AvgIpc) is 2.37. The number of nitrogens with zero attached hydrogens (tertiary/aromatic N) is 3. The number of fused-ring (bicyclic) bond motifs is 1. The predicted molar refractivity (Wildman–Crippen MR) is 61.3 cm³/mol. The number of hydrogen-bond acceptors (Lipinski definition) is 5. The van der Waals surface area contributed by atoms with Crippen molar-refractivity contribution in [1.29, 1.82) is 5.26 Å². The molecule has 1 aromatic rings. The number of carbonyl (C=O) groups excluding carboxylic acids is 1. The molecule has 0 N–H and O–H groups in total. The van der Waals surface area contributed by atoms with Crippen molar-refractivity contribution >= 4 is 17.3 Å². The molecule has 7 nitrogen and oxygen atoms in total. The number of ether oxygens (including phenoxy) is 1. The molecule has 0 saturated heterocycles. The maximum absolute atomic E-state index is 11.6. The van der Waals surface area contributed by atoms with Crippen molar-refractivity contribution in [2.24, 2.45) is 0 Å². The van der Waals surface area contributed by atoms with E-state index in [2.05, 4.69) is 0 Å². The van der Waals surface area contributed by atoms with E-state index in [1.165, 1.54) is 17.0 Å². The van der Waals surface area contributed by atoms with Gasteiger partial charge < -0.3 is 9.64 Å². The van der Waals surface area contributed by atoms with Crippen LogP contribution in [0.2, 0.25) is 0 Å². The van der Waals surface area contributed by atoms with Gasteiger partial charge in [0.25, 0.3) is 11.6 Å². The van der Waals surface area contributed by atoms with Gasteiger partial charge in [0.05, 0.1) is 16.7 Å². The zero-order chi connectivity index (χ0) is 13.3. The Bertz CT molecular complexity index is 576. The number of anilines is 1. The first kappa shape index (κ1) is 11.9. The van der Waals surface area contributed by atoms with Crippen LogP contribution in [0.1, 0.15) is 12.5 Å². The largest absolute Gasteiger partial charge is 0.481 e. The maximum Gasteiger partial charge on any atom is 0.290 e. The van der Waals surface area contributed by atoms with Crippen molar-refractivity contribution in [1.82, 2.24) is 0 Å². The Balaban J connectivity index is 2.62. The molecule has 0 radical (unpaired) electrons. The lowest BCUT2D eigenvalue weighted by Crippen LogP contribution is -2.38. The van der Waals surface area contributed by atoms with Gasteiger partial charge in [-0.2, -0.15) is 5.26 Å². The highest BCUT2D eigenvalue weighted by atomic mass is 16.6. The third-order valence-corrected chi connectivity index (χ3v) is 2.65. The molecule has 0 spiro atoms. The standard InChI is InChI=1S/C11H9N3O4/c1-2-13-9-3-7(5-12)8(14(16)17)4-10(9)18-6-11(13)15/h3-4H,2,6H2,1H3. The molecule has 1 aromatic carbocycles. The van der Waals surface area contributed by atoms with Crippen molar-refractivity contribution in [2.45, 2.75) is 6.92 Å². The molecule has 0 atom stereocenters. The molecule has 1 aliphatic rings. The van der Waals surface area contributed by atoms with E-state index < -0.39 is 4.92 Å². The van der Waals surface area contributed by atoms with Crippen molar-refractivity contribution in [3.63, 3.8) is 0 Å². The highest BCUT2D eigenvalue weighted by molar-refractivity contribution is 5.98. The zero-order valence-electron chi connectivity index (χ0n) is 9.54. The van der Waals surface area contributed by atoms with E-state index in [4.69, 9.17) is 10.00 Å². The molecule has 0 bridgehead atoms. The van der Waals surface area contributed by atoms with Crippen LogP contribution in [0.15, 0.2) is 12.1 Å². The molecule has 18 heavy (non-hydrogen) atoms. The van der Waals surface area contributed by atoms with Crippen LogP contribution in [0.3, 0.4) is 0 Å². The third-order valence-electron chi connectivity index (χ3n) is 2.65. The second kappa shape index (κ2) is 4.33. The van der Waals surface area contributed by atoms with E-state index in [0.29, 0.717) is 12.2 Å². The summed E-state index contributed by atoms with van der Waals surface area (Å²) in [6.07, 6.45) is 0. The summed E-state index contributed by atoms with van der Waals surface area (Å²) < 4.78 is 5.15. The van der Waals surface area contributed by atoms with Gasteiger partial charge >= 0.3 is 0 Å². The van der Waals surface area contributed by atoms with Crippen LogP contribution in [0, 0.1) is 21.4 Å². The Kier molecular flexibility index (Phi) is 2.85. The minimum absolute atomic E-state index is 0.0875. The fourth-order valence-electron chi connectivity index (χ4n) is 1.82. The van der Waals surface area contributed by atoms with Gasteiger partial charge in [0, 0.05) is 6.54 Å². The van der Waals surface area contributed by atoms with Gasteiger partial charge in [0.2, 0.25) is 0 Å². The molecule has 1 aliphatic heterocycles. The number of hydrogen-bond donors (Lipinski definition) is 0. The highest BCUT2D eigenvalue weighted by Crippen LogP contribution is 2.37. The van der Waals surface area contributed by atoms with Gasteiger partial charge in [-0.15, -0.1) is 0 Å². The Morgan fingerprint density at radius 2 is 2.33 bits per heavy atom. The summed E-state index contributed by atoms with van der Waals surface area (Å²) in [6.45, 7) is 2.04. The summed E-state index contributed by atoms with van der Waals surface area (Å²) in [5.41, 5.74) is -0.00643. The van der Waals surface area contributed by atoms with Crippen molar-refractivity contribution in [3.05, 3.63) is 27.8 Å². The molecule has 7 heteroatoms. The quantitative estimate of drug-likeness (QED) is 0.578. The van der Waals surface area contributed by atoms with Crippen molar-refractivity contribution < 1.29 is 14.5 Å². The van der Waals surface area contributed by atoms with Gasteiger partial charge in [0.1, 0.15) is 11.6 Å². The number of nitro groups is 1. The molecule has 0 saturated carbocycles. The first-order valence-electron chi connectivity index (χ1n) is 5.24. The smallest absolute Gasteiger partial charge is 0.290 e. The molecule has 0 aliphatic carbocycles. The number of nitro benzene ring substituents is 1. The van der Waals surface area contributed by atoms with Gasteiger partial charge in [-0.05, 0) is 13.0 Å². The van der Waals surface area contributed by atoms with Crippen molar-refractivity contribution in [2.75, 3.05) is 18.1 Å². The Morgan fingerprint density at radius 1 is 1.61 bits per heavy atom. The molecule has 1 amide bonds. The normalized spacial score (nSPS) is 13.6. The molecule has 2 rings (SSSR count). The maximum atomic E-state index is 11.6. The van der Waals surface area contributed by atoms with E-state index in [-0.39, 0.29) is 29.5 Å². The minimum Gasteiger partial charge on any atom is -0.481 e. The number of carbonyl (C=O) groups is 1. The molecular formula is C11H9N3O4. The van der Waals surface area contributed by atoms with E-state index in [1.54, 1.807) is 13.0 Å². The molecule has 0 unspecified atom stereocenters. The third kappa shape index (κ3) is 1.73. The second-order valence-corrected chi connectivity index (χ2v) is 3.63. The van der Waals surface area contributed by atoms with Gasteiger partial charge in [-0.1, -0.05) is 0 Å². The lowest BCUT2D eigenvalue weighted by molar-refractivity contribution is -0.385. The van der Waals surface area contributed by atoms with E-state index >= 15 is 0 Å². The molecule has 92 valence electrons.